The minimum absolute atomic E-state index is 0.388. The van der Waals surface area contributed by atoms with Crippen LogP contribution in [-0.4, -0.2) is 22.7 Å². The van der Waals surface area contributed by atoms with E-state index in [0.717, 1.165) is 18.4 Å². The number of nitrogens with zero attached hydrogens (tertiary/aromatic N) is 2. The van der Waals surface area contributed by atoms with Gasteiger partial charge in [-0.15, -0.1) is 0 Å². The summed E-state index contributed by atoms with van der Waals surface area (Å²) in [6.45, 7) is 5.62. The maximum Gasteiger partial charge on any atom is 0.175 e. The Balaban J connectivity index is 2.19. The van der Waals surface area contributed by atoms with Crippen molar-refractivity contribution < 1.29 is 14.3 Å². The average Bonchev–Trinajstić information content (AvgIpc) is 2.94. The molecule has 0 aliphatic rings. The molecule has 21 heavy (non-hydrogen) atoms. The van der Waals surface area contributed by atoms with Crippen LogP contribution >= 0.6 is 15.9 Å². The summed E-state index contributed by atoms with van der Waals surface area (Å²) in [7, 11) is 0. The van der Waals surface area contributed by atoms with Gasteiger partial charge in [-0.05, 0) is 41.9 Å². The van der Waals surface area contributed by atoms with E-state index in [9.17, 15) is 4.79 Å². The molecule has 2 aromatic rings. The summed E-state index contributed by atoms with van der Waals surface area (Å²) in [5, 5.41) is 4.20. The van der Waals surface area contributed by atoms with Crippen molar-refractivity contribution >= 4 is 22.2 Å². The van der Waals surface area contributed by atoms with E-state index in [1.165, 1.54) is 0 Å². The minimum Gasteiger partial charge on any atom is -0.490 e. The molecule has 5 nitrogen and oxygen atoms in total. The largest absolute Gasteiger partial charge is 0.490 e. The Morgan fingerprint density at radius 3 is 2.76 bits per heavy atom. The average molecular weight is 353 g/mol. The van der Waals surface area contributed by atoms with Crippen molar-refractivity contribution in [3.05, 3.63) is 40.1 Å². The number of aryl methyl sites for hydroxylation is 1. The first-order valence-electron chi connectivity index (χ1n) is 6.73. The van der Waals surface area contributed by atoms with Crippen LogP contribution in [0.2, 0.25) is 0 Å². The lowest BCUT2D eigenvalue weighted by atomic mass is 10.2. The van der Waals surface area contributed by atoms with Gasteiger partial charge in [-0.1, -0.05) is 0 Å². The van der Waals surface area contributed by atoms with Gasteiger partial charge in [0.1, 0.15) is 12.9 Å². The van der Waals surface area contributed by atoms with E-state index in [4.69, 9.17) is 9.47 Å². The predicted octanol–water partition coefficient (Wildman–Crippen LogP) is 3.46. The van der Waals surface area contributed by atoms with Crippen molar-refractivity contribution in [1.82, 2.24) is 9.78 Å². The van der Waals surface area contributed by atoms with Gasteiger partial charge in [-0.2, -0.15) is 5.10 Å². The van der Waals surface area contributed by atoms with E-state index >= 15 is 0 Å². The highest BCUT2D eigenvalue weighted by atomic mass is 79.9. The van der Waals surface area contributed by atoms with E-state index in [0.29, 0.717) is 34.7 Å². The summed E-state index contributed by atoms with van der Waals surface area (Å²) in [5.41, 5.74) is 1.52. The van der Waals surface area contributed by atoms with Crippen molar-refractivity contribution in [3.8, 4) is 11.5 Å². The van der Waals surface area contributed by atoms with Gasteiger partial charge in [0.25, 0.3) is 0 Å². The van der Waals surface area contributed by atoms with Crippen LogP contribution in [0.3, 0.4) is 0 Å². The smallest absolute Gasteiger partial charge is 0.175 e. The molecule has 0 bridgehead atoms. The van der Waals surface area contributed by atoms with Crippen molar-refractivity contribution in [1.29, 1.82) is 0 Å². The molecule has 0 saturated carbocycles. The second-order valence-corrected chi connectivity index (χ2v) is 5.23. The van der Waals surface area contributed by atoms with Gasteiger partial charge in [0, 0.05) is 23.9 Å². The number of halogens is 1. The topological polar surface area (TPSA) is 53.4 Å². The third kappa shape index (κ3) is 3.85. The monoisotopic (exact) mass is 352 g/mol. The quantitative estimate of drug-likeness (QED) is 0.716. The molecule has 0 fully saturated rings. The summed E-state index contributed by atoms with van der Waals surface area (Å²) in [4.78, 5) is 10.9. The zero-order valence-corrected chi connectivity index (χ0v) is 13.6. The van der Waals surface area contributed by atoms with Gasteiger partial charge in [0.2, 0.25) is 0 Å². The highest BCUT2D eigenvalue weighted by molar-refractivity contribution is 9.10. The molecular weight excluding hydrogens is 336 g/mol. The Bertz CT molecular complexity index is 625. The molecule has 0 aliphatic heterocycles. The predicted molar refractivity (Wildman–Crippen MR) is 82.9 cm³/mol. The number of aromatic nitrogens is 2. The molecule has 1 heterocycles. The Hall–Kier alpha value is -1.82. The first kappa shape index (κ1) is 15.6. The molecule has 0 unspecified atom stereocenters. The van der Waals surface area contributed by atoms with Gasteiger partial charge in [-0.25, -0.2) is 0 Å². The van der Waals surface area contributed by atoms with Crippen molar-refractivity contribution in [2.24, 2.45) is 0 Å². The van der Waals surface area contributed by atoms with Gasteiger partial charge in [0.05, 0.1) is 17.3 Å². The molecule has 0 atom stereocenters. The van der Waals surface area contributed by atoms with Gasteiger partial charge >= 0.3 is 0 Å². The Morgan fingerprint density at radius 2 is 2.14 bits per heavy atom. The number of benzene rings is 1. The van der Waals surface area contributed by atoms with Crippen molar-refractivity contribution in [3.63, 3.8) is 0 Å². The zero-order chi connectivity index (χ0) is 15.2. The molecule has 0 aliphatic carbocycles. The van der Waals surface area contributed by atoms with E-state index in [2.05, 4.69) is 21.0 Å². The van der Waals surface area contributed by atoms with Crippen LogP contribution < -0.4 is 9.47 Å². The summed E-state index contributed by atoms with van der Waals surface area (Å²) in [6, 6.07) is 3.38. The van der Waals surface area contributed by atoms with Gasteiger partial charge < -0.3 is 9.47 Å². The first-order valence-corrected chi connectivity index (χ1v) is 7.52. The Labute approximate surface area is 132 Å². The normalized spacial score (nSPS) is 10.4. The molecule has 1 aromatic heterocycles. The SMILES string of the molecule is CCOc1cc(C=O)cc(Br)c1OCc1cnn(CC)c1. The molecule has 0 spiro atoms. The third-order valence-corrected chi connectivity index (χ3v) is 3.45. The van der Waals surface area contributed by atoms with Gasteiger partial charge in [-0.3, -0.25) is 9.48 Å². The van der Waals surface area contributed by atoms with Crippen LogP contribution in [0.4, 0.5) is 0 Å². The van der Waals surface area contributed by atoms with Crippen molar-refractivity contribution in [2.45, 2.75) is 27.0 Å². The number of ether oxygens (including phenoxy) is 2. The molecule has 0 amide bonds. The van der Waals surface area contributed by atoms with Crippen LogP contribution in [0.1, 0.15) is 29.8 Å². The van der Waals surface area contributed by atoms with Crippen LogP contribution in [0.25, 0.3) is 0 Å². The standard InChI is InChI=1S/C15H17BrN2O3/c1-3-18-8-12(7-17-18)10-21-15-13(16)5-11(9-19)6-14(15)20-4-2/h5-9H,3-4,10H2,1-2H3. The van der Waals surface area contributed by atoms with E-state index < -0.39 is 0 Å². The highest BCUT2D eigenvalue weighted by Gasteiger charge is 2.12. The number of carbonyl (C=O) groups excluding carboxylic acids is 1. The molecule has 2 rings (SSSR count). The fourth-order valence-electron chi connectivity index (χ4n) is 1.87. The number of rotatable bonds is 7. The summed E-state index contributed by atoms with van der Waals surface area (Å²) in [5.74, 6) is 1.14. The summed E-state index contributed by atoms with van der Waals surface area (Å²) < 4.78 is 13.9. The lowest BCUT2D eigenvalue weighted by Gasteiger charge is -2.13. The molecule has 0 N–H and O–H groups in total. The Morgan fingerprint density at radius 1 is 1.33 bits per heavy atom. The van der Waals surface area contributed by atoms with Gasteiger partial charge in [0.15, 0.2) is 11.5 Å². The van der Waals surface area contributed by atoms with E-state index in [1.54, 1.807) is 18.3 Å². The number of hydrogen-bond acceptors (Lipinski definition) is 4. The lowest BCUT2D eigenvalue weighted by molar-refractivity contribution is 0.112. The second-order valence-electron chi connectivity index (χ2n) is 4.37. The highest BCUT2D eigenvalue weighted by Crippen LogP contribution is 2.37. The first-order chi connectivity index (χ1) is 10.2. The molecule has 0 saturated heterocycles. The maximum absolute atomic E-state index is 10.9. The van der Waals surface area contributed by atoms with E-state index in [-0.39, 0.29) is 0 Å². The molecular formula is C15H17BrN2O3. The molecule has 6 heteroatoms. The molecule has 0 radical (unpaired) electrons. The third-order valence-electron chi connectivity index (χ3n) is 2.86. The maximum atomic E-state index is 10.9. The number of carbonyl (C=O) groups is 1. The lowest BCUT2D eigenvalue weighted by Crippen LogP contribution is -2.01. The van der Waals surface area contributed by atoms with Crippen LogP contribution in [0.5, 0.6) is 11.5 Å². The second kappa shape index (κ2) is 7.26. The van der Waals surface area contributed by atoms with Crippen LogP contribution in [0, 0.1) is 0 Å². The summed E-state index contributed by atoms with van der Waals surface area (Å²) in [6.07, 6.45) is 4.49. The van der Waals surface area contributed by atoms with E-state index in [1.807, 2.05) is 24.7 Å². The fourth-order valence-corrected chi connectivity index (χ4v) is 2.44. The summed E-state index contributed by atoms with van der Waals surface area (Å²) >= 11 is 3.42. The molecule has 1 aromatic carbocycles. The van der Waals surface area contributed by atoms with Crippen molar-refractivity contribution in [2.75, 3.05) is 6.61 Å². The zero-order valence-electron chi connectivity index (χ0n) is 12.0. The Kier molecular flexibility index (Phi) is 5.38. The fraction of sp³-hybridized carbons (Fsp3) is 0.333. The minimum atomic E-state index is 0.388. The molecule has 112 valence electrons. The van der Waals surface area contributed by atoms with Crippen LogP contribution in [-0.2, 0) is 13.2 Å². The van der Waals surface area contributed by atoms with Crippen LogP contribution in [0.15, 0.2) is 29.0 Å². The number of hydrogen-bond donors (Lipinski definition) is 0. The number of aldehydes is 1.